The Balaban J connectivity index is 1.74. The molecule has 6 heteroatoms. The van der Waals surface area contributed by atoms with Crippen molar-refractivity contribution in [1.82, 2.24) is 9.55 Å². The highest BCUT2D eigenvalue weighted by Gasteiger charge is 2.11. The molecule has 1 aromatic heterocycles. The Morgan fingerprint density at radius 1 is 1.12 bits per heavy atom. The van der Waals surface area contributed by atoms with Crippen LogP contribution in [-0.4, -0.2) is 35.6 Å². The SMILES string of the molecule is COCCn1c(SCCOc2cccc(C)c2)nc2ccccc2c1=O. The van der Waals surface area contributed by atoms with Crippen LogP contribution < -0.4 is 10.3 Å². The Hall–Kier alpha value is -2.31. The number of hydrogen-bond donors (Lipinski definition) is 0. The van der Waals surface area contributed by atoms with E-state index in [1.54, 1.807) is 11.7 Å². The molecule has 3 aromatic rings. The number of methoxy groups -OCH3 is 1. The molecule has 2 aromatic carbocycles. The molecule has 0 atom stereocenters. The number of rotatable bonds is 8. The molecule has 0 aliphatic carbocycles. The van der Waals surface area contributed by atoms with Crippen LogP contribution in [0.3, 0.4) is 0 Å². The number of ether oxygens (including phenoxy) is 2. The lowest BCUT2D eigenvalue weighted by molar-refractivity contribution is 0.183. The van der Waals surface area contributed by atoms with E-state index in [0.29, 0.717) is 41.6 Å². The van der Waals surface area contributed by atoms with Crippen LogP contribution in [0.5, 0.6) is 5.75 Å². The van der Waals surface area contributed by atoms with Crippen molar-refractivity contribution in [3.8, 4) is 5.75 Å². The smallest absolute Gasteiger partial charge is 0.262 e. The number of aromatic nitrogens is 2. The summed E-state index contributed by atoms with van der Waals surface area (Å²) in [6.45, 7) is 3.53. The van der Waals surface area contributed by atoms with E-state index in [4.69, 9.17) is 9.47 Å². The number of nitrogens with zero attached hydrogens (tertiary/aromatic N) is 2. The van der Waals surface area contributed by atoms with Crippen molar-refractivity contribution in [1.29, 1.82) is 0 Å². The quantitative estimate of drug-likeness (QED) is 0.345. The van der Waals surface area contributed by atoms with Crippen molar-refractivity contribution in [3.63, 3.8) is 0 Å². The van der Waals surface area contributed by atoms with Gasteiger partial charge in [0.05, 0.1) is 30.7 Å². The minimum atomic E-state index is -0.0326. The number of hydrogen-bond acceptors (Lipinski definition) is 5. The van der Waals surface area contributed by atoms with Gasteiger partial charge in [0, 0.05) is 12.9 Å². The second kappa shape index (κ2) is 8.87. The first kappa shape index (κ1) is 18.5. The highest BCUT2D eigenvalue weighted by Crippen LogP contribution is 2.19. The molecule has 26 heavy (non-hydrogen) atoms. The second-order valence-corrected chi connectivity index (χ2v) is 6.94. The summed E-state index contributed by atoms with van der Waals surface area (Å²) in [4.78, 5) is 17.4. The van der Waals surface area contributed by atoms with Crippen molar-refractivity contribution in [2.24, 2.45) is 0 Å². The molecule has 0 fully saturated rings. The molecule has 0 N–H and O–H groups in total. The molecule has 5 nitrogen and oxygen atoms in total. The van der Waals surface area contributed by atoms with E-state index in [0.717, 1.165) is 5.75 Å². The van der Waals surface area contributed by atoms with Gasteiger partial charge in [0.15, 0.2) is 5.16 Å². The van der Waals surface area contributed by atoms with E-state index >= 15 is 0 Å². The average Bonchev–Trinajstić information content (AvgIpc) is 2.65. The molecule has 0 amide bonds. The maximum absolute atomic E-state index is 12.8. The molecular weight excluding hydrogens is 348 g/mol. The van der Waals surface area contributed by atoms with E-state index in [2.05, 4.69) is 4.98 Å². The summed E-state index contributed by atoms with van der Waals surface area (Å²) in [7, 11) is 1.63. The van der Waals surface area contributed by atoms with Crippen LogP contribution in [-0.2, 0) is 11.3 Å². The summed E-state index contributed by atoms with van der Waals surface area (Å²) in [5.41, 5.74) is 1.85. The first-order chi connectivity index (χ1) is 12.7. The molecule has 0 unspecified atom stereocenters. The number of thioether (sulfide) groups is 1. The molecule has 0 saturated heterocycles. The van der Waals surface area contributed by atoms with Crippen LogP contribution in [0.25, 0.3) is 10.9 Å². The number of para-hydroxylation sites is 1. The van der Waals surface area contributed by atoms with E-state index in [1.165, 1.54) is 17.3 Å². The molecule has 3 rings (SSSR count). The number of aryl methyl sites for hydroxylation is 1. The maximum atomic E-state index is 12.8. The van der Waals surface area contributed by atoms with Crippen LogP contribution in [0.2, 0.25) is 0 Å². The zero-order valence-electron chi connectivity index (χ0n) is 15.0. The van der Waals surface area contributed by atoms with Gasteiger partial charge < -0.3 is 9.47 Å². The van der Waals surface area contributed by atoms with Crippen LogP contribution in [0.4, 0.5) is 0 Å². The van der Waals surface area contributed by atoms with Crippen molar-refractivity contribution >= 4 is 22.7 Å². The average molecular weight is 370 g/mol. The van der Waals surface area contributed by atoms with Gasteiger partial charge in [0.25, 0.3) is 5.56 Å². The summed E-state index contributed by atoms with van der Waals surface area (Å²) in [5.74, 6) is 1.56. The van der Waals surface area contributed by atoms with Gasteiger partial charge in [-0.2, -0.15) is 0 Å². The molecule has 0 bridgehead atoms. The molecule has 0 aliphatic rings. The summed E-state index contributed by atoms with van der Waals surface area (Å²) >= 11 is 1.52. The Kier molecular flexibility index (Phi) is 6.30. The highest BCUT2D eigenvalue weighted by atomic mass is 32.2. The third-order valence-electron chi connectivity index (χ3n) is 3.92. The van der Waals surface area contributed by atoms with Crippen LogP contribution in [0, 0.1) is 6.92 Å². The normalized spacial score (nSPS) is 11.0. The van der Waals surface area contributed by atoms with Gasteiger partial charge in [-0.3, -0.25) is 9.36 Å². The van der Waals surface area contributed by atoms with Crippen molar-refractivity contribution in [2.75, 3.05) is 26.1 Å². The molecular formula is C20H22N2O3S. The molecule has 0 radical (unpaired) electrons. The summed E-state index contributed by atoms with van der Waals surface area (Å²) in [5, 5.41) is 1.32. The molecule has 1 heterocycles. The summed E-state index contributed by atoms with van der Waals surface area (Å²) < 4.78 is 12.6. The predicted molar refractivity (Wildman–Crippen MR) is 105 cm³/mol. The van der Waals surface area contributed by atoms with Gasteiger partial charge >= 0.3 is 0 Å². The molecule has 136 valence electrons. The van der Waals surface area contributed by atoms with Gasteiger partial charge in [0.1, 0.15) is 5.75 Å². The van der Waals surface area contributed by atoms with Crippen LogP contribution in [0.15, 0.2) is 58.5 Å². The van der Waals surface area contributed by atoms with Crippen molar-refractivity contribution in [2.45, 2.75) is 18.6 Å². The predicted octanol–water partition coefficient (Wildman–Crippen LogP) is 3.52. The first-order valence-electron chi connectivity index (χ1n) is 8.50. The Labute approximate surface area is 157 Å². The zero-order valence-corrected chi connectivity index (χ0v) is 15.8. The van der Waals surface area contributed by atoms with Gasteiger partial charge in [-0.25, -0.2) is 4.98 Å². The van der Waals surface area contributed by atoms with Crippen molar-refractivity contribution in [3.05, 3.63) is 64.4 Å². The fraction of sp³-hybridized carbons (Fsp3) is 0.300. The Bertz CT molecular complexity index is 940. The molecule has 0 saturated carbocycles. The lowest BCUT2D eigenvalue weighted by atomic mass is 10.2. The molecule has 0 aliphatic heterocycles. The van der Waals surface area contributed by atoms with Gasteiger partial charge in [0.2, 0.25) is 0 Å². The topological polar surface area (TPSA) is 53.4 Å². The largest absolute Gasteiger partial charge is 0.493 e. The fourth-order valence-corrected chi connectivity index (χ4v) is 3.48. The fourth-order valence-electron chi connectivity index (χ4n) is 2.64. The third-order valence-corrected chi connectivity index (χ3v) is 4.86. The standard InChI is InChI=1S/C20H22N2O3S/c1-15-6-5-7-16(14-15)25-12-13-26-20-21-18-9-4-3-8-17(18)19(23)22(20)10-11-24-2/h3-9,14H,10-13H2,1-2H3. The minimum Gasteiger partial charge on any atom is -0.493 e. The number of fused-ring (bicyclic) bond motifs is 1. The highest BCUT2D eigenvalue weighted by molar-refractivity contribution is 7.99. The molecule has 0 spiro atoms. The van der Waals surface area contributed by atoms with E-state index in [9.17, 15) is 4.79 Å². The summed E-state index contributed by atoms with van der Waals surface area (Å²) in [6, 6.07) is 15.4. The lowest BCUT2D eigenvalue weighted by Crippen LogP contribution is -2.25. The van der Waals surface area contributed by atoms with Crippen LogP contribution >= 0.6 is 11.8 Å². The van der Waals surface area contributed by atoms with E-state index in [-0.39, 0.29) is 5.56 Å². The first-order valence-corrected chi connectivity index (χ1v) is 9.48. The second-order valence-electron chi connectivity index (χ2n) is 5.87. The van der Waals surface area contributed by atoms with E-state index < -0.39 is 0 Å². The van der Waals surface area contributed by atoms with Gasteiger partial charge in [-0.05, 0) is 36.8 Å². The summed E-state index contributed by atoms with van der Waals surface area (Å²) in [6.07, 6.45) is 0. The maximum Gasteiger partial charge on any atom is 0.262 e. The van der Waals surface area contributed by atoms with Gasteiger partial charge in [-0.15, -0.1) is 0 Å². The number of benzene rings is 2. The zero-order chi connectivity index (χ0) is 18.4. The lowest BCUT2D eigenvalue weighted by Gasteiger charge is -2.13. The van der Waals surface area contributed by atoms with Crippen LogP contribution in [0.1, 0.15) is 5.56 Å². The Morgan fingerprint density at radius 3 is 2.77 bits per heavy atom. The van der Waals surface area contributed by atoms with Crippen molar-refractivity contribution < 1.29 is 9.47 Å². The van der Waals surface area contributed by atoms with Gasteiger partial charge in [-0.1, -0.05) is 36.0 Å². The third kappa shape index (κ3) is 4.45. The minimum absolute atomic E-state index is 0.0326. The monoisotopic (exact) mass is 370 g/mol. The van der Waals surface area contributed by atoms with E-state index in [1.807, 2.05) is 55.5 Å². The Morgan fingerprint density at radius 2 is 1.96 bits per heavy atom.